The molecule has 0 bridgehead atoms. The van der Waals surface area contributed by atoms with Crippen molar-refractivity contribution >= 4 is 0 Å². The highest BCUT2D eigenvalue weighted by Crippen LogP contribution is 2.31. The van der Waals surface area contributed by atoms with E-state index in [1.54, 1.807) is 0 Å². The molecule has 0 saturated carbocycles. The van der Waals surface area contributed by atoms with Crippen LogP contribution in [-0.2, 0) is 9.47 Å². The summed E-state index contributed by atoms with van der Waals surface area (Å²) in [6.07, 6.45) is 5.03. The van der Waals surface area contributed by atoms with Gasteiger partial charge in [-0.25, -0.2) is 0 Å². The summed E-state index contributed by atoms with van der Waals surface area (Å²) in [6, 6.07) is 0. The zero-order valence-corrected chi connectivity index (χ0v) is 11.0. The van der Waals surface area contributed by atoms with E-state index in [9.17, 15) is 0 Å². The first-order valence-electron chi connectivity index (χ1n) is 6.81. The van der Waals surface area contributed by atoms with Crippen LogP contribution in [0.15, 0.2) is 0 Å². The highest BCUT2D eigenvalue weighted by molar-refractivity contribution is 4.87. The molecule has 0 aromatic rings. The minimum Gasteiger partial charge on any atom is -0.381 e. The van der Waals surface area contributed by atoms with E-state index in [-0.39, 0.29) is 0 Å². The van der Waals surface area contributed by atoms with Crippen molar-refractivity contribution in [2.75, 3.05) is 46.5 Å². The zero-order chi connectivity index (χ0) is 12.1. The molecule has 2 saturated heterocycles. The van der Waals surface area contributed by atoms with Crippen molar-refractivity contribution in [2.45, 2.75) is 31.8 Å². The fourth-order valence-corrected chi connectivity index (χ4v) is 3.01. The Balaban J connectivity index is 1.82. The third-order valence-corrected chi connectivity index (χ3v) is 4.41. The standard InChI is InChI=1S/C13H26N2O2/c1-16-12-2-6-15(7-3-12)11-13(10-14)4-8-17-9-5-13/h12H,2-11,14H2,1H3. The van der Waals surface area contributed by atoms with Crippen molar-refractivity contribution in [1.82, 2.24) is 4.90 Å². The maximum absolute atomic E-state index is 6.00. The first-order chi connectivity index (χ1) is 8.28. The van der Waals surface area contributed by atoms with Crippen LogP contribution in [0.1, 0.15) is 25.7 Å². The summed E-state index contributed by atoms with van der Waals surface area (Å²) >= 11 is 0. The van der Waals surface area contributed by atoms with Crippen LogP contribution in [-0.4, -0.2) is 57.5 Å². The number of hydrogen-bond acceptors (Lipinski definition) is 4. The first kappa shape index (κ1) is 13.3. The van der Waals surface area contributed by atoms with Crippen molar-refractivity contribution in [1.29, 1.82) is 0 Å². The molecule has 17 heavy (non-hydrogen) atoms. The molecule has 0 unspecified atom stereocenters. The summed E-state index contributed by atoms with van der Waals surface area (Å²) in [5.74, 6) is 0. The van der Waals surface area contributed by atoms with Gasteiger partial charge in [-0.05, 0) is 37.6 Å². The smallest absolute Gasteiger partial charge is 0.0595 e. The fourth-order valence-electron chi connectivity index (χ4n) is 3.01. The average molecular weight is 242 g/mol. The number of piperidine rings is 1. The molecule has 0 aliphatic carbocycles. The van der Waals surface area contributed by atoms with Crippen LogP contribution in [0.3, 0.4) is 0 Å². The van der Waals surface area contributed by atoms with Gasteiger partial charge in [0.05, 0.1) is 6.10 Å². The van der Waals surface area contributed by atoms with Gasteiger partial charge in [0.15, 0.2) is 0 Å². The van der Waals surface area contributed by atoms with Gasteiger partial charge in [-0.15, -0.1) is 0 Å². The number of rotatable bonds is 4. The highest BCUT2D eigenvalue weighted by Gasteiger charge is 2.34. The van der Waals surface area contributed by atoms with Crippen molar-refractivity contribution in [3.63, 3.8) is 0 Å². The molecule has 2 aliphatic heterocycles. The van der Waals surface area contributed by atoms with E-state index in [1.165, 1.54) is 0 Å². The quantitative estimate of drug-likeness (QED) is 0.794. The molecule has 4 heteroatoms. The molecule has 4 nitrogen and oxygen atoms in total. The van der Waals surface area contributed by atoms with Gasteiger partial charge in [0.25, 0.3) is 0 Å². The van der Waals surface area contributed by atoms with Crippen LogP contribution in [0.25, 0.3) is 0 Å². The molecular formula is C13H26N2O2. The largest absolute Gasteiger partial charge is 0.381 e. The lowest BCUT2D eigenvalue weighted by Crippen LogP contribution is -2.48. The summed E-state index contributed by atoms with van der Waals surface area (Å²) in [7, 11) is 1.82. The van der Waals surface area contributed by atoms with Crippen molar-refractivity contribution < 1.29 is 9.47 Å². The molecule has 2 fully saturated rings. The summed E-state index contributed by atoms with van der Waals surface area (Å²) in [5.41, 5.74) is 6.31. The number of nitrogens with two attached hydrogens (primary N) is 1. The molecule has 0 radical (unpaired) electrons. The van der Waals surface area contributed by atoms with Gasteiger partial charge in [0, 0.05) is 40.0 Å². The number of ether oxygens (including phenoxy) is 2. The predicted molar refractivity (Wildman–Crippen MR) is 68.0 cm³/mol. The second-order valence-electron chi connectivity index (χ2n) is 5.53. The third-order valence-electron chi connectivity index (χ3n) is 4.41. The van der Waals surface area contributed by atoms with Crippen LogP contribution in [0.5, 0.6) is 0 Å². The van der Waals surface area contributed by atoms with Gasteiger partial charge in [0.2, 0.25) is 0 Å². The van der Waals surface area contributed by atoms with E-state index in [0.717, 1.165) is 65.1 Å². The Labute approximate surface area is 104 Å². The minimum absolute atomic E-state index is 0.304. The van der Waals surface area contributed by atoms with E-state index >= 15 is 0 Å². The second kappa shape index (κ2) is 6.14. The van der Waals surface area contributed by atoms with Crippen LogP contribution in [0, 0.1) is 5.41 Å². The molecular weight excluding hydrogens is 216 g/mol. The highest BCUT2D eigenvalue weighted by atomic mass is 16.5. The van der Waals surface area contributed by atoms with E-state index in [1.807, 2.05) is 7.11 Å². The van der Waals surface area contributed by atoms with Gasteiger partial charge < -0.3 is 20.1 Å². The van der Waals surface area contributed by atoms with Crippen LogP contribution in [0.2, 0.25) is 0 Å². The Hall–Kier alpha value is -0.160. The first-order valence-corrected chi connectivity index (χ1v) is 6.81. The Kier molecular flexibility index (Phi) is 4.79. The summed E-state index contributed by atoms with van der Waals surface area (Å²) in [5, 5.41) is 0. The van der Waals surface area contributed by atoms with Gasteiger partial charge in [-0.3, -0.25) is 0 Å². The maximum atomic E-state index is 6.00. The van der Waals surface area contributed by atoms with Crippen molar-refractivity contribution in [3.05, 3.63) is 0 Å². The monoisotopic (exact) mass is 242 g/mol. The fraction of sp³-hybridized carbons (Fsp3) is 1.00. The Morgan fingerprint density at radius 3 is 2.47 bits per heavy atom. The Morgan fingerprint density at radius 1 is 1.29 bits per heavy atom. The summed E-state index contributed by atoms with van der Waals surface area (Å²) in [6.45, 7) is 6.00. The van der Waals surface area contributed by atoms with E-state index in [2.05, 4.69) is 4.90 Å². The number of methoxy groups -OCH3 is 1. The van der Waals surface area contributed by atoms with E-state index < -0.39 is 0 Å². The second-order valence-corrected chi connectivity index (χ2v) is 5.53. The lowest BCUT2D eigenvalue weighted by atomic mass is 9.79. The molecule has 2 N–H and O–H groups in total. The van der Waals surface area contributed by atoms with Crippen LogP contribution >= 0.6 is 0 Å². The molecule has 100 valence electrons. The SMILES string of the molecule is COC1CCN(CC2(CN)CCOCC2)CC1. The molecule has 0 spiro atoms. The van der Waals surface area contributed by atoms with Crippen LogP contribution < -0.4 is 5.73 Å². The summed E-state index contributed by atoms with van der Waals surface area (Å²) in [4.78, 5) is 2.56. The number of hydrogen-bond donors (Lipinski definition) is 1. The van der Waals surface area contributed by atoms with Gasteiger partial charge in [0.1, 0.15) is 0 Å². The molecule has 0 aromatic carbocycles. The van der Waals surface area contributed by atoms with Crippen molar-refractivity contribution in [2.24, 2.45) is 11.1 Å². The maximum Gasteiger partial charge on any atom is 0.0595 e. The third kappa shape index (κ3) is 3.41. The van der Waals surface area contributed by atoms with E-state index in [4.69, 9.17) is 15.2 Å². The summed E-state index contributed by atoms with van der Waals surface area (Å²) < 4.78 is 10.9. The lowest BCUT2D eigenvalue weighted by molar-refractivity contribution is -0.0173. The van der Waals surface area contributed by atoms with E-state index in [0.29, 0.717) is 11.5 Å². The molecule has 0 atom stereocenters. The van der Waals surface area contributed by atoms with Gasteiger partial charge in [-0.2, -0.15) is 0 Å². The molecule has 2 rings (SSSR count). The average Bonchev–Trinajstić information content (AvgIpc) is 2.41. The van der Waals surface area contributed by atoms with Crippen molar-refractivity contribution in [3.8, 4) is 0 Å². The predicted octanol–water partition coefficient (Wildman–Crippen LogP) is 0.853. The lowest BCUT2D eigenvalue weighted by Gasteiger charge is -2.42. The molecule has 0 amide bonds. The molecule has 0 aromatic heterocycles. The Bertz CT molecular complexity index is 221. The topological polar surface area (TPSA) is 47.7 Å². The molecule has 2 aliphatic rings. The Morgan fingerprint density at radius 2 is 1.94 bits per heavy atom. The number of likely N-dealkylation sites (tertiary alicyclic amines) is 1. The number of nitrogens with zero attached hydrogens (tertiary/aromatic N) is 1. The molecule has 2 heterocycles. The minimum atomic E-state index is 0.304. The van der Waals surface area contributed by atoms with Crippen LogP contribution in [0.4, 0.5) is 0 Å². The van der Waals surface area contributed by atoms with Gasteiger partial charge >= 0.3 is 0 Å². The van der Waals surface area contributed by atoms with Gasteiger partial charge in [-0.1, -0.05) is 0 Å². The zero-order valence-electron chi connectivity index (χ0n) is 11.0. The normalized spacial score (nSPS) is 27.2.